The van der Waals surface area contributed by atoms with Crippen molar-refractivity contribution in [1.82, 2.24) is 4.90 Å². The molecule has 1 fully saturated rings. The Labute approximate surface area is 116 Å². The zero-order chi connectivity index (χ0) is 13.2. The summed E-state index contributed by atoms with van der Waals surface area (Å²) in [5.41, 5.74) is 0.785. The molecule has 0 unspecified atom stereocenters. The van der Waals surface area contributed by atoms with Crippen molar-refractivity contribution in [3.05, 3.63) is 41.3 Å². The Balaban J connectivity index is 1.87. The van der Waals surface area contributed by atoms with Gasteiger partial charge in [0.15, 0.2) is 0 Å². The van der Waals surface area contributed by atoms with Gasteiger partial charge in [-0.15, -0.1) is 11.3 Å². The van der Waals surface area contributed by atoms with E-state index in [0.717, 1.165) is 41.2 Å². The maximum atomic E-state index is 12.3. The van der Waals surface area contributed by atoms with Crippen LogP contribution in [0.3, 0.4) is 0 Å². The lowest BCUT2D eigenvalue weighted by atomic mass is 10.1. The van der Waals surface area contributed by atoms with E-state index in [1.165, 1.54) is 11.3 Å². The molecule has 4 heteroatoms. The van der Waals surface area contributed by atoms with Crippen LogP contribution in [0.1, 0.15) is 22.5 Å². The standard InChI is InChI=1S/C15H15NO2S/c17-12-6-2-1-5-11(12)13-7-8-14(19-13)15(18)16-9-3-4-10-16/h1-2,5-8,17H,3-4,9-10H2. The third-order valence-electron chi connectivity index (χ3n) is 3.38. The first-order valence-corrected chi connectivity index (χ1v) is 7.25. The average molecular weight is 273 g/mol. The lowest BCUT2D eigenvalue weighted by Crippen LogP contribution is -2.26. The lowest BCUT2D eigenvalue weighted by molar-refractivity contribution is 0.0797. The van der Waals surface area contributed by atoms with Crippen LogP contribution < -0.4 is 0 Å². The summed E-state index contributed by atoms with van der Waals surface area (Å²) in [6.07, 6.45) is 2.20. The summed E-state index contributed by atoms with van der Waals surface area (Å²) in [4.78, 5) is 15.8. The molecule has 0 saturated carbocycles. The maximum absolute atomic E-state index is 12.3. The molecule has 0 atom stereocenters. The minimum absolute atomic E-state index is 0.115. The summed E-state index contributed by atoms with van der Waals surface area (Å²) in [5, 5.41) is 9.83. The highest BCUT2D eigenvalue weighted by atomic mass is 32.1. The topological polar surface area (TPSA) is 40.5 Å². The number of nitrogens with zero attached hydrogens (tertiary/aromatic N) is 1. The maximum Gasteiger partial charge on any atom is 0.263 e. The summed E-state index contributed by atoms with van der Waals surface area (Å²) in [6, 6.07) is 11.0. The highest BCUT2D eigenvalue weighted by Crippen LogP contribution is 2.34. The van der Waals surface area contributed by atoms with Gasteiger partial charge in [0.25, 0.3) is 5.91 Å². The van der Waals surface area contributed by atoms with Crippen LogP contribution in [0.15, 0.2) is 36.4 Å². The second-order valence-electron chi connectivity index (χ2n) is 4.68. The molecule has 0 spiro atoms. The SMILES string of the molecule is O=C(c1ccc(-c2ccccc2O)s1)N1CCCC1. The highest BCUT2D eigenvalue weighted by molar-refractivity contribution is 7.17. The van der Waals surface area contributed by atoms with E-state index in [1.807, 2.05) is 29.2 Å². The van der Waals surface area contributed by atoms with Crippen molar-refractivity contribution < 1.29 is 9.90 Å². The number of carbonyl (C=O) groups is 1. The first kappa shape index (κ1) is 12.2. The molecule has 2 heterocycles. The number of aromatic hydroxyl groups is 1. The number of phenolic OH excluding ortho intramolecular Hbond substituents is 1. The van der Waals surface area contributed by atoms with E-state index >= 15 is 0 Å². The average Bonchev–Trinajstić information content (AvgIpc) is 3.10. The Morgan fingerprint density at radius 3 is 2.58 bits per heavy atom. The minimum atomic E-state index is 0.115. The number of para-hydroxylation sites is 1. The number of hydrogen-bond acceptors (Lipinski definition) is 3. The zero-order valence-electron chi connectivity index (χ0n) is 10.5. The van der Waals surface area contributed by atoms with Crippen molar-refractivity contribution in [1.29, 1.82) is 0 Å². The largest absolute Gasteiger partial charge is 0.507 e. The Bertz CT molecular complexity index is 600. The number of hydrogen-bond donors (Lipinski definition) is 1. The Morgan fingerprint density at radius 2 is 1.84 bits per heavy atom. The number of thiophene rings is 1. The molecule has 1 aliphatic heterocycles. The summed E-state index contributed by atoms with van der Waals surface area (Å²) in [6.45, 7) is 1.73. The summed E-state index contributed by atoms with van der Waals surface area (Å²) in [7, 11) is 0. The molecule has 98 valence electrons. The smallest absolute Gasteiger partial charge is 0.263 e. The van der Waals surface area contributed by atoms with Gasteiger partial charge in [0.05, 0.1) is 4.88 Å². The molecule has 1 saturated heterocycles. The molecule has 0 radical (unpaired) electrons. The van der Waals surface area contributed by atoms with E-state index in [2.05, 4.69) is 0 Å². The van der Waals surface area contributed by atoms with E-state index in [4.69, 9.17) is 0 Å². The summed E-state index contributed by atoms with van der Waals surface area (Å²) in [5.74, 6) is 0.369. The second kappa shape index (κ2) is 5.05. The highest BCUT2D eigenvalue weighted by Gasteiger charge is 2.21. The summed E-state index contributed by atoms with van der Waals surface area (Å²) < 4.78 is 0. The molecule has 2 aromatic rings. The first-order valence-electron chi connectivity index (χ1n) is 6.43. The molecule has 1 amide bonds. The Hall–Kier alpha value is -1.81. The second-order valence-corrected chi connectivity index (χ2v) is 5.76. The van der Waals surface area contributed by atoms with Gasteiger partial charge < -0.3 is 10.0 Å². The van der Waals surface area contributed by atoms with E-state index in [-0.39, 0.29) is 11.7 Å². The molecule has 0 aliphatic carbocycles. The minimum Gasteiger partial charge on any atom is -0.507 e. The van der Waals surface area contributed by atoms with Crippen LogP contribution in [-0.2, 0) is 0 Å². The first-order chi connectivity index (χ1) is 9.25. The van der Waals surface area contributed by atoms with Crippen LogP contribution in [0.2, 0.25) is 0 Å². The number of benzene rings is 1. The van der Waals surface area contributed by atoms with Crippen LogP contribution in [0, 0.1) is 0 Å². The van der Waals surface area contributed by atoms with Gasteiger partial charge in [-0.3, -0.25) is 4.79 Å². The zero-order valence-corrected chi connectivity index (χ0v) is 11.3. The fourth-order valence-electron chi connectivity index (χ4n) is 2.36. The van der Waals surface area contributed by atoms with E-state index in [9.17, 15) is 9.90 Å². The third kappa shape index (κ3) is 2.36. The van der Waals surface area contributed by atoms with Crippen LogP contribution in [0.5, 0.6) is 5.75 Å². The number of rotatable bonds is 2. The van der Waals surface area contributed by atoms with Crippen LogP contribution in [-0.4, -0.2) is 29.0 Å². The fraction of sp³-hybridized carbons (Fsp3) is 0.267. The lowest BCUT2D eigenvalue weighted by Gasteiger charge is -2.13. The summed E-state index contributed by atoms with van der Waals surface area (Å²) >= 11 is 1.44. The van der Waals surface area contributed by atoms with E-state index in [0.29, 0.717) is 0 Å². The monoisotopic (exact) mass is 273 g/mol. The van der Waals surface area contributed by atoms with Crippen molar-refractivity contribution in [3.8, 4) is 16.2 Å². The van der Waals surface area contributed by atoms with Gasteiger partial charge in [-0.1, -0.05) is 12.1 Å². The van der Waals surface area contributed by atoms with Crippen LogP contribution in [0.25, 0.3) is 10.4 Å². The predicted octanol–water partition coefficient (Wildman–Crippen LogP) is 3.36. The van der Waals surface area contributed by atoms with Crippen molar-refractivity contribution in [3.63, 3.8) is 0 Å². The Kier molecular flexibility index (Phi) is 3.25. The molecular formula is C15H15NO2S. The fourth-order valence-corrected chi connectivity index (χ4v) is 3.36. The molecule has 1 aliphatic rings. The molecule has 1 N–H and O–H groups in total. The third-order valence-corrected chi connectivity index (χ3v) is 4.49. The van der Waals surface area contributed by atoms with Gasteiger partial charge in [0, 0.05) is 23.5 Å². The number of amides is 1. The number of phenols is 1. The van der Waals surface area contributed by atoms with Crippen molar-refractivity contribution in [2.24, 2.45) is 0 Å². The van der Waals surface area contributed by atoms with Crippen LogP contribution in [0.4, 0.5) is 0 Å². The van der Waals surface area contributed by atoms with E-state index in [1.54, 1.807) is 12.1 Å². The van der Waals surface area contributed by atoms with Crippen molar-refractivity contribution in [2.45, 2.75) is 12.8 Å². The van der Waals surface area contributed by atoms with Gasteiger partial charge in [-0.05, 0) is 37.1 Å². The Morgan fingerprint density at radius 1 is 1.11 bits per heavy atom. The molecule has 3 nitrogen and oxygen atoms in total. The van der Waals surface area contributed by atoms with Gasteiger partial charge in [0.2, 0.25) is 0 Å². The molecule has 0 bridgehead atoms. The van der Waals surface area contributed by atoms with Gasteiger partial charge in [0.1, 0.15) is 5.75 Å². The number of carbonyl (C=O) groups excluding carboxylic acids is 1. The van der Waals surface area contributed by atoms with Crippen LogP contribution >= 0.6 is 11.3 Å². The van der Waals surface area contributed by atoms with E-state index < -0.39 is 0 Å². The van der Waals surface area contributed by atoms with Gasteiger partial charge in [-0.2, -0.15) is 0 Å². The normalized spacial score (nSPS) is 14.8. The number of likely N-dealkylation sites (tertiary alicyclic amines) is 1. The van der Waals surface area contributed by atoms with Gasteiger partial charge in [-0.25, -0.2) is 0 Å². The van der Waals surface area contributed by atoms with Gasteiger partial charge >= 0.3 is 0 Å². The van der Waals surface area contributed by atoms with Crippen molar-refractivity contribution in [2.75, 3.05) is 13.1 Å². The molecular weight excluding hydrogens is 258 g/mol. The quantitative estimate of drug-likeness (QED) is 0.911. The predicted molar refractivity (Wildman–Crippen MR) is 76.6 cm³/mol. The molecule has 1 aromatic carbocycles. The molecule has 1 aromatic heterocycles. The molecule has 19 heavy (non-hydrogen) atoms. The molecule has 3 rings (SSSR count). The van der Waals surface area contributed by atoms with Crippen molar-refractivity contribution >= 4 is 17.2 Å².